The van der Waals surface area contributed by atoms with Crippen molar-refractivity contribution in [1.29, 1.82) is 0 Å². The van der Waals surface area contributed by atoms with Crippen LogP contribution in [0.1, 0.15) is 32.4 Å². The van der Waals surface area contributed by atoms with Crippen molar-refractivity contribution in [2.75, 3.05) is 0 Å². The number of nitro groups is 1. The van der Waals surface area contributed by atoms with Crippen molar-refractivity contribution in [3.05, 3.63) is 39.9 Å². The number of nitro benzene ring substituents is 1. The molecule has 1 aromatic carbocycles. The molecule has 0 bridgehead atoms. The highest BCUT2D eigenvalue weighted by Gasteiger charge is 2.46. The number of carbonyl (C=O) groups is 1. The molecule has 2 atom stereocenters. The largest absolute Gasteiger partial charge is 0.332 e. The van der Waals surface area contributed by atoms with E-state index < -0.39 is 4.92 Å². The van der Waals surface area contributed by atoms with Gasteiger partial charge < -0.3 is 4.90 Å². The molecule has 2 rings (SSSR count). The van der Waals surface area contributed by atoms with E-state index >= 15 is 0 Å². The average Bonchev–Trinajstić information content (AvgIpc) is 2.34. The summed E-state index contributed by atoms with van der Waals surface area (Å²) in [6, 6.07) is 6.64. The third-order valence-electron chi connectivity index (χ3n) is 3.42. The first-order valence-corrected chi connectivity index (χ1v) is 6.00. The number of nitrogens with zero attached hydrogens (tertiary/aromatic N) is 2. The van der Waals surface area contributed by atoms with Gasteiger partial charge in [-0.25, -0.2) is 0 Å². The van der Waals surface area contributed by atoms with E-state index in [2.05, 4.69) is 0 Å². The van der Waals surface area contributed by atoms with E-state index in [0.29, 0.717) is 0 Å². The number of likely N-dealkylation sites (tertiary alicyclic amines) is 1. The molecule has 1 aliphatic rings. The minimum Gasteiger partial charge on any atom is -0.332 e. The van der Waals surface area contributed by atoms with E-state index in [0.717, 1.165) is 5.56 Å². The topological polar surface area (TPSA) is 63.5 Å². The third kappa shape index (κ3) is 1.85. The lowest BCUT2D eigenvalue weighted by molar-refractivity contribution is -0.384. The lowest BCUT2D eigenvalue weighted by Crippen LogP contribution is -2.56. The molecule has 0 spiro atoms. The number of benzene rings is 1. The maximum absolute atomic E-state index is 11.8. The fraction of sp³-hybridized carbons (Fsp3) is 0.462. The average molecular weight is 248 g/mol. The van der Waals surface area contributed by atoms with Gasteiger partial charge in [0, 0.05) is 18.2 Å². The van der Waals surface area contributed by atoms with E-state index in [1.54, 1.807) is 12.1 Å². The van der Waals surface area contributed by atoms with E-state index in [-0.39, 0.29) is 29.6 Å². The predicted molar refractivity (Wildman–Crippen MR) is 67.0 cm³/mol. The van der Waals surface area contributed by atoms with Crippen LogP contribution in [0.3, 0.4) is 0 Å². The molecular weight excluding hydrogens is 232 g/mol. The Labute approximate surface area is 106 Å². The summed E-state index contributed by atoms with van der Waals surface area (Å²) in [4.78, 5) is 23.8. The van der Waals surface area contributed by atoms with Crippen molar-refractivity contribution in [3.63, 3.8) is 0 Å². The maximum atomic E-state index is 11.8. The first kappa shape index (κ1) is 12.5. The van der Waals surface area contributed by atoms with Gasteiger partial charge in [0.2, 0.25) is 5.91 Å². The summed E-state index contributed by atoms with van der Waals surface area (Å²) in [6.07, 6.45) is 0. The Balaban J connectivity index is 2.26. The van der Waals surface area contributed by atoms with Crippen LogP contribution in [0.5, 0.6) is 0 Å². The zero-order valence-corrected chi connectivity index (χ0v) is 10.7. The van der Waals surface area contributed by atoms with Crippen molar-refractivity contribution in [2.45, 2.75) is 32.9 Å². The second kappa shape index (κ2) is 4.40. The Morgan fingerprint density at radius 3 is 2.28 bits per heavy atom. The number of rotatable bonds is 3. The number of non-ortho nitro benzene ring substituents is 1. The van der Waals surface area contributed by atoms with Gasteiger partial charge in [-0.05, 0) is 19.4 Å². The molecule has 0 radical (unpaired) electrons. The van der Waals surface area contributed by atoms with Gasteiger partial charge in [-0.2, -0.15) is 0 Å². The molecule has 0 unspecified atom stereocenters. The Morgan fingerprint density at radius 2 is 1.83 bits per heavy atom. The smallest absolute Gasteiger partial charge is 0.269 e. The molecule has 96 valence electrons. The summed E-state index contributed by atoms with van der Waals surface area (Å²) in [5.74, 6) is 0.0993. The predicted octanol–water partition coefficient (Wildman–Crippen LogP) is 2.52. The molecule has 1 aliphatic heterocycles. The third-order valence-corrected chi connectivity index (χ3v) is 3.42. The fourth-order valence-electron chi connectivity index (χ4n) is 2.48. The van der Waals surface area contributed by atoms with Gasteiger partial charge in [0.1, 0.15) is 0 Å². The van der Waals surface area contributed by atoms with Crippen LogP contribution >= 0.6 is 0 Å². The Kier molecular flexibility index (Phi) is 3.07. The van der Waals surface area contributed by atoms with E-state index in [4.69, 9.17) is 0 Å². The Hall–Kier alpha value is -1.91. The van der Waals surface area contributed by atoms with Crippen LogP contribution in [0.2, 0.25) is 0 Å². The fourth-order valence-corrected chi connectivity index (χ4v) is 2.48. The van der Waals surface area contributed by atoms with Crippen LogP contribution in [0, 0.1) is 16.0 Å². The minimum absolute atomic E-state index is 0.0401. The number of hydrogen-bond acceptors (Lipinski definition) is 3. The monoisotopic (exact) mass is 248 g/mol. The number of amides is 1. The quantitative estimate of drug-likeness (QED) is 0.469. The van der Waals surface area contributed by atoms with Gasteiger partial charge in [-0.3, -0.25) is 14.9 Å². The van der Waals surface area contributed by atoms with Crippen molar-refractivity contribution in [2.24, 2.45) is 5.92 Å². The molecule has 0 aliphatic carbocycles. The van der Waals surface area contributed by atoms with E-state index in [9.17, 15) is 14.9 Å². The lowest BCUT2D eigenvalue weighted by Gasteiger charge is -2.48. The number of hydrogen-bond donors (Lipinski definition) is 0. The van der Waals surface area contributed by atoms with Crippen molar-refractivity contribution >= 4 is 11.6 Å². The maximum Gasteiger partial charge on any atom is 0.269 e. The van der Waals surface area contributed by atoms with Crippen LogP contribution in [-0.2, 0) is 4.79 Å². The van der Waals surface area contributed by atoms with Gasteiger partial charge in [0.25, 0.3) is 5.69 Å². The molecule has 0 saturated carbocycles. The molecule has 1 heterocycles. The normalized spacial score (nSPS) is 23.1. The van der Waals surface area contributed by atoms with E-state index in [1.807, 2.05) is 25.7 Å². The van der Waals surface area contributed by atoms with Gasteiger partial charge in [0.15, 0.2) is 0 Å². The van der Waals surface area contributed by atoms with Crippen molar-refractivity contribution in [1.82, 2.24) is 4.90 Å². The minimum atomic E-state index is -0.417. The van der Waals surface area contributed by atoms with Crippen molar-refractivity contribution in [3.8, 4) is 0 Å². The highest BCUT2D eigenvalue weighted by atomic mass is 16.6. The van der Waals surface area contributed by atoms with Gasteiger partial charge in [-0.15, -0.1) is 0 Å². The molecular formula is C13H16N2O3. The summed E-state index contributed by atoms with van der Waals surface area (Å²) in [6.45, 7) is 5.84. The summed E-state index contributed by atoms with van der Waals surface area (Å²) >= 11 is 0. The van der Waals surface area contributed by atoms with Crippen LogP contribution in [0.4, 0.5) is 5.69 Å². The van der Waals surface area contributed by atoms with Crippen molar-refractivity contribution < 1.29 is 9.72 Å². The van der Waals surface area contributed by atoms with Gasteiger partial charge >= 0.3 is 0 Å². The summed E-state index contributed by atoms with van der Waals surface area (Å²) in [5, 5.41) is 10.6. The second-order valence-electron chi connectivity index (χ2n) is 4.92. The zero-order chi connectivity index (χ0) is 13.4. The van der Waals surface area contributed by atoms with Crippen LogP contribution in [-0.4, -0.2) is 21.8 Å². The zero-order valence-electron chi connectivity index (χ0n) is 10.7. The second-order valence-corrected chi connectivity index (χ2v) is 4.92. The molecule has 1 fully saturated rings. The molecule has 0 N–H and O–H groups in total. The molecule has 5 heteroatoms. The van der Waals surface area contributed by atoms with Gasteiger partial charge in [0.05, 0.1) is 16.9 Å². The van der Waals surface area contributed by atoms with Crippen LogP contribution < -0.4 is 0 Å². The van der Waals surface area contributed by atoms with Gasteiger partial charge in [-0.1, -0.05) is 19.1 Å². The summed E-state index contributed by atoms with van der Waals surface area (Å²) in [7, 11) is 0. The highest BCUT2D eigenvalue weighted by molar-refractivity contribution is 5.86. The molecule has 18 heavy (non-hydrogen) atoms. The first-order chi connectivity index (χ1) is 8.43. The van der Waals surface area contributed by atoms with E-state index in [1.165, 1.54) is 12.1 Å². The number of carbonyl (C=O) groups excluding carboxylic acids is 1. The molecule has 5 nitrogen and oxygen atoms in total. The number of β-lactam (4-membered cyclic amide) rings is 1. The highest BCUT2D eigenvalue weighted by Crippen LogP contribution is 2.41. The molecule has 0 aromatic heterocycles. The lowest BCUT2D eigenvalue weighted by atomic mass is 9.82. The van der Waals surface area contributed by atoms with Crippen LogP contribution in [0.15, 0.2) is 24.3 Å². The standard InChI is InChI=1S/C13H16N2O3/c1-8(2)14-12(9(3)13(14)16)10-4-6-11(7-5-10)15(17)18/h4-9,12H,1-3H3/t9-,12-/m1/s1. The Bertz CT molecular complexity index is 482. The molecule has 1 saturated heterocycles. The SMILES string of the molecule is CC(C)N1C(=O)[C@H](C)[C@@H]1c1ccc([N+](=O)[O-])cc1. The summed E-state index contributed by atoms with van der Waals surface area (Å²) < 4.78 is 0. The van der Waals surface area contributed by atoms with Crippen LogP contribution in [0.25, 0.3) is 0 Å². The first-order valence-electron chi connectivity index (χ1n) is 6.00. The molecule has 1 amide bonds. The molecule has 1 aromatic rings. The summed E-state index contributed by atoms with van der Waals surface area (Å²) in [5.41, 5.74) is 1.04. The Morgan fingerprint density at radius 1 is 1.28 bits per heavy atom.